The quantitative estimate of drug-likeness (QED) is 0.747. The lowest BCUT2D eigenvalue weighted by Crippen LogP contribution is -2.33. The highest BCUT2D eigenvalue weighted by molar-refractivity contribution is 4.80. The number of hydrogen-bond acceptors (Lipinski definition) is 3. The van der Waals surface area contributed by atoms with Gasteiger partial charge in [0.15, 0.2) is 0 Å². The van der Waals surface area contributed by atoms with Crippen molar-refractivity contribution in [2.24, 2.45) is 11.3 Å². The highest BCUT2D eigenvalue weighted by Crippen LogP contribution is 2.21. The Morgan fingerprint density at radius 1 is 1.50 bits per heavy atom. The van der Waals surface area contributed by atoms with Crippen molar-refractivity contribution in [1.82, 2.24) is 10.2 Å². The summed E-state index contributed by atoms with van der Waals surface area (Å²) >= 11 is 0. The molecule has 0 spiro atoms. The molecule has 1 heterocycles. The standard InChI is InChI=1S/C13H25N3/c1-13(2,6-4-7-14)11-15-9-12-5-8-16(3)10-12/h12,15H,4-6,8-11H2,1-3H3. The van der Waals surface area contributed by atoms with Crippen molar-refractivity contribution in [3.8, 4) is 6.07 Å². The lowest BCUT2D eigenvalue weighted by atomic mass is 9.88. The van der Waals surface area contributed by atoms with Crippen LogP contribution < -0.4 is 5.32 Å². The molecule has 16 heavy (non-hydrogen) atoms. The lowest BCUT2D eigenvalue weighted by Gasteiger charge is -2.24. The summed E-state index contributed by atoms with van der Waals surface area (Å²) in [6.45, 7) is 9.08. The maximum absolute atomic E-state index is 8.58. The molecule has 1 aliphatic heterocycles. The first-order chi connectivity index (χ1) is 7.53. The van der Waals surface area contributed by atoms with E-state index < -0.39 is 0 Å². The Kier molecular flexibility index (Phi) is 5.24. The third-order valence-corrected chi connectivity index (χ3v) is 3.44. The van der Waals surface area contributed by atoms with Gasteiger partial charge in [-0.3, -0.25) is 0 Å². The number of hydrogen-bond donors (Lipinski definition) is 1. The molecular formula is C13H25N3. The van der Waals surface area contributed by atoms with Crippen molar-refractivity contribution in [2.75, 3.05) is 33.2 Å². The number of nitrogens with one attached hydrogen (secondary N) is 1. The lowest BCUT2D eigenvalue weighted by molar-refractivity contribution is 0.305. The summed E-state index contributed by atoms with van der Waals surface area (Å²) in [6.07, 6.45) is 2.98. The van der Waals surface area contributed by atoms with Crippen LogP contribution in [0, 0.1) is 22.7 Å². The normalized spacial score (nSPS) is 22.2. The van der Waals surface area contributed by atoms with Crippen molar-refractivity contribution in [1.29, 1.82) is 5.26 Å². The van der Waals surface area contributed by atoms with Crippen LogP contribution in [0.15, 0.2) is 0 Å². The summed E-state index contributed by atoms with van der Waals surface area (Å²) < 4.78 is 0. The molecular weight excluding hydrogens is 198 g/mol. The third-order valence-electron chi connectivity index (χ3n) is 3.44. The van der Waals surface area contributed by atoms with Crippen molar-refractivity contribution < 1.29 is 0 Å². The van der Waals surface area contributed by atoms with Gasteiger partial charge in [-0.1, -0.05) is 13.8 Å². The summed E-state index contributed by atoms with van der Waals surface area (Å²) in [4.78, 5) is 2.40. The minimum atomic E-state index is 0.250. The first-order valence-electron chi connectivity index (χ1n) is 6.30. The predicted octanol–water partition coefficient (Wildman–Crippen LogP) is 1.86. The van der Waals surface area contributed by atoms with E-state index in [2.05, 4.69) is 37.2 Å². The molecule has 1 saturated heterocycles. The largest absolute Gasteiger partial charge is 0.316 e. The van der Waals surface area contributed by atoms with E-state index in [1.165, 1.54) is 19.5 Å². The van der Waals surface area contributed by atoms with Crippen LogP contribution in [-0.2, 0) is 0 Å². The fourth-order valence-electron chi connectivity index (χ4n) is 2.29. The van der Waals surface area contributed by atoms with Gasteiger partial charge in [-0.15, -0.1) is 0 Å². The zero-order valence-electron chi connectivity index (χ0n) is 10.9. The van der Waals surface area contributed by atoms with E-state index in [9.17, 15) is 0 Å². The molecule has 92 valence electrons. The average molecular weight is 223 g/mol. The zero-order chi connectivity index (χ0) is 12.0. The number of likely N-dealkylation sites (tertiary alicyclic amines) is 1. The Bertz CT molecular complexity index is 242. The Morgan fingerprint density at radius 3 is 2.81 bits per heavy atom. The molecule has 1 aliphatic rings. The van der Waals surface area contributed by atoms with Gasteiger partial charge in [0.2, 0.25) is 0 Å². The SMILES string of the molecule is CN1CCC(CNCC(C)(C)CCC#N)C1. The molecule has 0 aromatic rings. The van der Waals surface area contributed by atoms with E-state index in [0.29, 0.717) is 6.42 Å². The second kappa shape index (κ2) is 6.22. The summed E-state index contributed by atoms with van der Waals surface area (Å²) in [7, 11) is 2.19. The summed E-state index contributed by atoms with van der Waals surface area (Å²) in [6, 6.07) is 2.23. The molecule has 1 atom stereocenters. The summed E-state index contributed by atoms with van der Waals surface area (Å²) in [5.74, 6) is 0.816. The minimum absolute atomic E-state index is 0.250. The van der Waals surface area contributed by atoms with Crippen molar-refractivity contribution >= 4 is 0 Å². The zero-order valence-corrected chi connectivity index (χ0v) is 10.9. The van der Waals surface area contributed by atoms with E-state index in [1.54, 1.807) is 0 Å². The van der Waals surface area contributed by atoms with Crippen molar-refractivity contribution in [3.05, 3.63) is 0 Å². The van der Waals surface area contributed by atoms with Gasteiger partial charge in [0.05, 0.1) is 6.07 Å². The van der Waals surface area contributed by atoms with Gasteiger partial charge in [0, 0.05) is 19.5 Å². The Labute approximate surface area is 99.8 Å². The molecule has 0 aliphatic carbocycles. The second-order valence-electron chi connectivity index (χ2n) is 5.87. The van der Waals surface area contributed by atoms with Gasteiger partial charge in [-0.25, -0.2) is 0 Å². The Balaban J connectivity index is 2.12. The van der Waals surface area contributed by atoms with Crippen molar-refractivity contribution in [2.45, 2.75) is 33.1 Å². The molecule has 0 aromatic heterocycles. The van der Waals surface area contributed by atoms with E-state index in [0.717, 1.165) is 25.4 Å². The topological polar surface area (TPSA) is 39.1 Å². The van der Waals surface area contributed by atoms with Gasteiger partial charge in [0.25, 0.3) is 0 Å². The minimum Gasteiger partial charge on any atom is -0.316 e. The third kappa shape index (κ3) is 4.96. The smallest absolute Gasteiger partial charge is 0.0621 e. The highest BCUT2D eigenvalue weighted by atomic mass is 15.1. The average Bonchev–Trinajstić information content (AvgIpc) is 2.61. The molecule has 1 rings (SSSR count). The fourth-order valence-corrected chi connectivity index (χ4v) is 2.29. The molecule has 0 aromatic carbocycles. The maximum atomic E-state index is 8.58. The van der Waals surface area contributed by atoms with Crippen LogP contribution in [0.2, 0.25) is 0 Å². The van der Waals surface area contributed by atoms with Gasteiger partial charge < -0.3 is 10.2 Å². The predicted molar refractivity (Wildman–Crippen MR) is 67.1 cm³/mol. The summed E-state index contributed by atoms with van der Waals surface area (Å²) in [5.41, 5.74) is 0.250. The van der Waals surface area contributed by atoms with Crippen LogP contribution in [0.1, 0.15) is 33.1 Å². The molecule has 0 amide bonds. The van der Waals surface area contributed by atoms with E-state index in [-0.39, 0.29) is 5.41 Å². The Hall–Kier alpha value is -0.590. The first-order valence-corrected chi connectivity index (χ1v) is 6.30. The molecule has 3 nitrogen and oxygen atoms in total. The van der Waals surface area contributed by atoms with Crippen LogP contribution in [0.4, 0.5) is 0 Å². The number of rotatable bonds is 6. The van der Waals surface area contributed by atoms with Gasteiger partial charge in [-0.2, -0.15) is 5.26 Å². The van der Waals surface area contributed by atoms with Crippen LogP contribution in [0.25, 0.3) is 0 Å². The number of nitrogens with zero attached hydrogens (tertiary/aromatic N) is 2. The molecule has 1 N–H and O–H groups in total. The van der Waals surface area contributed by atoms with E-state index in [1.807, 2.05) is 0 Å². The van der Waals surface area contributed by atoms with Gasteiger partial charge in [-0.05, 0) is 44.3 Å². The van der Waals surface area contributed by atoms with Crippen LogP contribution in [0.5, 0.6) is 0 Å². The molecule has 3 heteroatoms. The monoisotopic (exact) mass is 223 g/mol. The van der Waals surface area contributed by atoms with Gasteiger partial charge in [0.1, 0.15) is 0 Å². The molecule has 0 saturated carbocycles. The van der Waals surface area contributed by atoms with Crippen LogP contribution in [-0.4, -0.2) is 38.1 Å². The fraction of sp³-hybridized carbons (Fsp3) is 0.923. The molecule has 1 fully saturated rings. The Morgan fingerprint density at radius 2 is 2.25 bits per heavy atom. The van der Waals surface area contributed by atoms with E-state index in [4.69, 9.17) is 5.26 Å². The molecule has 0 bridgehead atoms. The second-order valence-corrected chi connectivity index (χ2v) is 5.87. The maximum Gasteiger partial charge on any atom is 0.0621 e. The van der Waals surface area contributed by atoms with Gasteiger partial charge >= 0.3 is 0 Å². The molecule has 0 radical (unpaired) electrons. The molecule has 1 unspecified atom stereocenters. The number of nitriles is 1. The summed E-state index contributed by atoms with van der Waals surface area (Å²) in [5, 5.41) is 12.1. The highest BCUT2D eigenvalue weighted by Gasteiger charge is 2.21. The first kappa shape index (κ1) is 13.5. The van der Waals surface area contributed by atoms with E-state index >= 15 is 0 Å². The van der Waals surface area contributed by atoms with Crippen LogP contribution >= 0.6 is 0 Å². The van der Waals surface area contributed by atoms with Crippen LogP contribution in [0.3, 0.4) is 0 Å². The van der Waals surface area contributed by atoms with Crippen molar-refractivity contribution in [3.63, 3.8) is 0 Å².